The molecule has 0 atom stereocenters. The number of halogens is 2. The second-order valence-electron chi connectivity index (χ2n) is 3.04. The molecule has 0 aliphatic carbocycles. The topological polar surface area (TPSA) is 50.7 Å². The summed E-state index contributed by atoms with van der Waals surface area (Å²) in [5, 5.41) is 10.4. The van der Waals surface area contributed by atoms with Crippen LogP contribution in [0.25, 0.3) is 11.4 Å². The fraction of sp³-hybridized carbons (Fsp3) is 0.100. The number of nitrogens with zero attached hydrogens (tertiary/aromatic N) is 3. The Labute approximate surface area is 100 Å². The molecule has 82 valence electrons. The third-order valence-corrected chi connectivity index (χ3v) is 2.48. The van der Waals surface area contributed by atoms with Gasteiger partial charge in [-0.1, -0.05) is 15.9 Å². The molecule has 6 heteroatoms. The van der Waals surface area contributed by atoms with Gasteiger partial charge in [0.15, 0.2) is 5.82 Å². The van der Waals surface area contributed by atoms with Crippen LogP contribution in [-0.4, -0.2) is 22.2 Å². The van der Waals surface area contributed by atoms with E-state index in [1.165, 1.54) is 12.3 Å². The lowest BCUT2D eigenvalue weighted by Crippen LogP contribution is -1.99. The average Bonchev–Trinajstić information content (AvgIpc) is 2.32. The van der Waals surface area contributed by atoms with Crippen LogP contribution in [0, 0.1) is 5.82 Å². The molecule has 0 spiro atoms. The van der Waals surface area contributed by atoms with E-state index in [1.807, 2.05) is 0 Å². The van der Waals surface area contributed by atoms with Gasteiger partial charge in [-0.05, 0) is 18.2 Å². The molecule has 0 saturated heterocycles. The molecule has 0 unspecified atom stereocenters. The van der Waals surface area contributed by atoms with E-state index < -0.39 is 0 Å². The highest BCUT2D eigenvalue weighted by Gasteiger charge is 2.09. The molecular weight excluding hydrogens is 275 g/mol. The van der Waals surface area contributed by atoms with Gasteiger partial charge in [-0.2, -0.15) is 5.10 Å². The predicted molar refractivity (Wildman–Crippen MR) is 62.5 cm³/mol. The molecule has 2 aromatic rings. The Morgan fingerprint density at radius 2 is 2.19 bits per heavy atom. The first kappa shape index (κ1) is 10.9. The maximum atomic E-state index is 13.5. The standard InChI is InChI=1S/C10H8BrFN4/c1-13-9-5-14-16-10(15-9)7-4-6(11)2-3-8(7)12/h2-5H,1H3,(H,13,15,16). The zero-order chi connectivity index (χ0) is 11.5. The maximum absolute atomic E-state index is 13.5. The summed E-state index contributed by atoms with van der Waals surface area (Å²) in [5.74, 6) is 0.424. The molecule has 1 heterocycles. The van der Waals surface area contributed by atoms with Crippen molar-refractivity contribution in [2.75, 3.05) is 12.4 Å². The lowest BCUT2D eigenvalue weighted by atomic mass is 10.2. The van der Waals surface area contributed by atoms with Gasteiger partial charge in [0.2, 0.25) is 0 Å². The molecule has 0 radical (unpaired) electrons. The van der Waals surface area contributed by atoms with Crippen LogP contribution in [0.1, 0.15) is 0 Å². The van der Waals surface area contributed by atoms with Crippen LogP contribution in [0.4, 0.5) is 10.2 Å². The Hall–Kier alpha value is -1.56. The van der Waals surface area contributed by atoms with E-state index in [1.54, 1.807) is 19.2 Å². The zero-order valence-electron chi connectivity index (χ0n) is 8.41. The largest absolute Gasteiger partial charge is 0.372 e. The average molecular weight is 283 g/mol. The first-order chi connectivity index (χ1) is 7.70. The van der Waals surface area contributed by atoms with Crippen molar-refractivity contribution in [3.05, 3.63) is 34.7 Å². The lowest BCUT2D eigenvalue weighted by Gasteiger charge is -2.03. The molecule has 1 aromatic carbocycles. The maximum Gasteiger partial charge on any atom is 0.186 e. The summed E-state index contributed by atoms with van der Waals surface area (Å²) in [6.45, 7) is 0. The molecule has 0 fully saturated rings. The Balaban J connectivity index is 2.53. The minimum atomic E-state index is -0.377. The number of nitrogens with one attached hydrogen (secondary N) is 1. The van der Waals surface area contributed by atoms with E-state index >= 15 is 0 Å². The molecule has 0 amide bonds. The number of hydrogen-bond acceptors (Lipinski definition) is 4. The highest BCUT2D eigenvalue weighted by Crippen LogP contribution is 2.23. The first-order valence-electron chi connectivity index (χ1n) is 4.53. The molecule has 4 nitrogen and oxygen atoms in total. The van der Waals surface area contributed by atoms with Crippen LogP contribution in [0.5, 0.6) is 0 Å². The van der Waals surface area contributed by atoms with Gasteiger partial charge >= 0.3 is 0 Å². The van der Waals surface area contributed by atoms with E-state index in [0.29, 0.717) is 11.4 Å². The fourth-order valence-electron chi connectivity index (χ4n) is 1.21. The number of aromatic nitrogens is 3. The Kier molecular flexibility index (Phi) is 3.09. The fourth-order valence-corrected chi connectivity index (χ4v) is 1.57. The minimum Gasteiger partial charge on any atom is -0.372 e. The van der Waals surface area contributed by atoms with Gasteiger partial charge in [-0.3, -0.25) is 0 Å². The molecule has 0 aliphatic heterocycles. The van der Waals surface area contributed by atoms with Crippen molar-refractivity contribution in [3.8, 4) is 11.4 Å². The normalized spacial score (nSPS) is 10.2. The smallest absolute Gasteiger partial charge is 0.186 e. The summed E-state index contributed by atoms with van der Waals surface area (Å²) in [7, 11) is 1.71. The van der Waals surface area contributed by atoms with Gasteiger partial charge < -0.3 is 5.32 Å². The van der Waals surface area contributed by atoms with E-state index in [9.17, 15) is 4.39 Å². The Morgan fingerprint density at radius 1 is 1.38 bits per heavy atom. The molecule has 1 aromatic heterocycles. The number of anilines is 1. The van der Waals surface area contributed by atoms with Crippen LogP contribution in [0.2, 0.25) is 0 Å². The third kappa shape index (κ3) is 2.16. The molecule has 0 bridgehead atoms. The Bertz CT molecular complexity index is 518. The van der Waals surface area contributed by atoms with Crippen molar-refractivity contribution in [1.29, 1.82) is 0 Å². The summed E-state index contributed by atoms with van der Waals surface area (Å²) in [4.78, 5) is 4.12. The highest BCUT2D eigenvalue weighted by atomic mass is 79.9. The van der Waals surface area contributed by atoms with E-state index in [0.717, 1.165) is 4.47 Å². The van der Waals surface area contributed by atoms with Crippen LogP contribution >= 0.6 is 15.9 Å². The quantitative estimate of drug-likeness (QED) is 0.920. The Morgan fingerprint density at radius 3 is 2.94 bits per heavy atom. The lowest BCUT2D eigenvalue weighted by molar-refractivity contribution is 0.629. The van der Waals surface area contributed by atoms with Crippen molar-refractivity contribution in [1.82, 2.24) is 15.2 Å². The van der Waals surface area contributed by atoms with Gasteiger partial charge in [0.25, 0.3) is 0 Å². The van der Waals surface area contributed by atoms with Gasteiger partial charge in [0, 0.05) is 11.5 Å². The number of benzene rings is 1. The van der Waals surface area contributed by atoms with Gasteiger partial charge in [0.1, 0.15) is 11.6 Å². The molecule has 0 saturated carbocycles. The van der Waals surface area contributed by atoms with E-state index in [4.69, 9.17) is 0 Å². The summed E-state index contributed by atoms with van der Waals surface area (Å²) >= 11 is 3.27. The van der Waals surface area contributed by atoms with Crippen molar-refractivity contribution < 1.29 is 4.39 Å². The van der Waals surface area contributed by atoms with Crippen LogP contribution in [0.15, 0.2) is 28.9 Å². The molecule has 1 N–H and O–H groups in total. The number of hydrogen-bond donors (Lipinski definition) is 1. The van der Waals surface area contributed by atoms with E-state index in [2.05, 4.69) is 36.4 Å². The predicted octanol–water partition coefficient (Wildman–Crippen LogP) is 2.48. The minimum absolute atomic E-state index is 0.255. The molecule has 2 rings (SSSR count). The summed E-state index contributed by atoms with van der Waals surface area (Å²) in [6.07, 6.45) is 1.47. The third-order valence-electron chi connectivity index (χ3n) is 1.98. The second kappa shape index (κ2) is 4.52. The number of rotatable bonds is 2. The van der Waals surface area contributed by atoms with Crippen molar-refractivity contribution in [2.24, 2.45) is 0 Å². The van der Waals surface area contributed by atoms with Crippen LogP contribution in [-0.2, 0) is 0 Å². The van der Waals surface area contributed by atoms with Gasteiger partial charge in [0.05, 0.1) is 11.8 Å². The molecule has 0 aliphatic rings. The van der Waals surface area contributed by atoms with Gasteiger partial charge in [-0.25, -0.2) is 9.37 Å². The van der Waals surface area contributed by atoms with E-state index in [-0.39, 0.29) is 11.6 Å². The summed E-state index contributed by atoms with van der Waals surface area (Å²) in [6, 6.07) is 4.59. The second-order valence-corrected chi connectivity index (χ2v) is 3.96. The summed E-state index contributed by atoms with van der Waals surface area (Å²) in [5.41, 5.74) is 0.318. The van der Waals surface area contributed by atoms with Crippen molar-refractivity contribution >= 4 is 21.7 Å². The monoisotopic (exact) mass is 282 g/mol. The van der Waals surface area contributed by atoms with Crippen molar-refractivity contribution in [2.45, 2.75) is 0 Å². The van der Waals surface area contributed by atoms with Gasteiger partial charge in [-0.15, -0.1) is 5.10 Å². The molecular formula is C10H8BrFN4. The summed E-state index contributed by atoms with van der Waals surface area (Å²) < 4.78 is 14.3. The SMILES string of the molecule is CNc1cnnc(-c2cc(Br)ccc2F)n1. The van der Waals surface area contributed by atoms with Crippen LogP contribution < -0.4 is 5.32 Å². The molecule has 16 heavy (non-hydrogen) atoms. The van der Waals surface area contributed by atoms with Crippen LogP contribution in [0.3, 0.4) is 0 Å². The van der Waals surface area contributed by atoms with Crippen molar-refractivity contribution in [3.63, 3.8) is 0 Å². The first-order valence-corrected chi connectivity index (χ1v) is 5.33. The zero-order valence-corrected chi connectivity index (χ0v) is 9.99. The highest BCUT2D eigenvalue weighted by molar-refractivity contribution is 9.10.